The molecule has 0 aliphatic heterocycles. The van der Waals surface area contributed by atoms with Crippen LogP contribution in [-0.4, -0.2) is 15.0 Å². The van der Waals surface area contributed by atoms with Crippen LogP contribution >= 0.6 is 0 Å². The fraction of sp³-hybridized carbons (Fsp3) is 0.308. The molecule has 1 aliphatic rings. The zero-order valence-electron chi connectivity index (χ0n) is 9.81. The van der Waals surface area contributed by atoms with E-state index in [4.69, 9.17) is 0 Å². The van der Waals surface area contributed by atoms with Crippen molar-refractivity contribution >= 4 is 0 Å². The van der Waals surface area contributed by atoms with E-state index < -0.39 is 0 Å². The SMILES string of the molecule is C1CC1.Cc1ncccc1-c1ccnc(=O)[nH]1. The Labute approximate surface area is 99.8 Å². The number of pyridine rings is 1. The molecule has 4 nitrogen and oxygen atoms in total. The molecule has 1 saturated carbocycles. The topological polar surface area (TPSA) is 58.6 Å². The first-order chi connectivity index (χ1) is 8.27. The molecule has 4 heteroatoms. The summed E-state index contributed by atoms with van der Waals surface area (Å²) in [5.41, 5.74) is 2.21. The number of hydrogen-bond donors (Lipinski definition) is 1. The molecular formula is C13H15N3O. The van der Waals surface area contributed by atoms with Crippen LogP contribution < -0.4 is 5.69 Å². The fourth-order valence-electron chi connectivity index (χ4n) is 1.29. The second-order valence-electron chi connectivity index (χ2n) is 3.99. The van der Waals surface area contributed by atoms with Gasteiger partial charge in [0.1, 0.15) is 0 Å². The van der Waals surface area contributed by atoms with Crippen LogP contribution in [0.15, 0.2) is 35.4 Å². The van der Waals surface area contributed by atoms with E-state index in [0.29, 0.717) is 0 Å². The zero-order chi connectivity index (χ0) is 12.1. The molecule has 88 valence electrons. The van der Waals surface area contributed by atoms with Gasteiger partial charge in [0.05, 0.1) is 5.69 Å². The van der Waals surface area contributed by atoms with Crippen LogP contribution in [0.1, 0.15) is 25.0 Å². The molecule has 0 aromatic carbocycles. The Kier molecular flexibility index (Phi) is 3.65. The summed E-state index contributed by atoms with van der Waals surface area (Å²) in [5, 5.41) is 0. The average Bonchev–Trinajstić information content (AvgIpc) is 3.17. The van der Waals surface area contributed by atoms with Crippen molar-refractivity contribution < 1.29 is 0 Å². The van der Waals surface area contributed by atoms with E-state index in [1.165, 1.54) is 25.5 Å². The first-order valence-electron chi connectivity index (χ1n) is 5.75. The predicted octanol–water partition coefficient (Wildman–Crippen LogP) is 2.31. The minimum absolute atomic E-state index is 0.342. The van der Waals surface area contributed by atoms with Gasteiger partial charge in [0.15, 0.2) is 0 Å². The highest BCUT2D eigenvalue weighted by atomic mass is 16.1. The maximum absolute atomic E-state index is 11.0. The van der Waals surface area contributed by atoms with E-state index in [2.05, 4.69) is 15.0 Å². The van der Waals surface area contributed by atoms with E-state index in [1.54, 1.807) is 12.3 Å². The molecule has 0 saturated heterocycles. The molecule has 0 atom stereocenters. The number of rotatable bonds is 1. The van der Waals surface area contributed by atoms with Gasteiger partial charge in [-0.1, -0.05) is 19.3 Å². The lowest BCUT2D eigenvalue weighted by Crippen LogP contribution is -2.09. The maximum Gasteiger partial charge on any atom is 0.345 e. The highest BCUT2D eigenvalue weighted by Gasteiger charge is 2.01. The third kappa shape index (κ3) is 3.52. The maximum atomic E-state index is 11.0. The minimum Gasteiger partial charge on any atom is -0.305 e. The Bertz CT molecular complexity index is 543. The number of H-pyrrole nitrogens is 1. The van der Waals surface area contributed by atoms with Crippen molar-refractivity contribution in [2.75, 3.05) is 0 Å². The molecule has 1 aliphatic carbocycles. The van der Waals surface area contributed by atoms with Crippen LogP contribution in [0.2, 0.25) is 0 Å². The molecule has 3 rings (SSSR count). The summed E-state index contributed by atoms with van der Waals surface area (Å²) in [6.45, 7) is 1.90. The lowest BCUT2D eigenvalue weighted by atomic mass is 10.1. The molecule has 2 aromatic heterocycles. The highest BCUT2D eigenvalue weighted by molar-refractivity contribution is 5.60. The van der Waals surface area contributed by atoms with Crippen molar-refractivity contribution in [2.45, 2.75) is 26.2 Å². The quantitative estimate of drug-likeness (QED) is 0.816. The number of aromatic amines is 1. The normalized spacial score (nSPS) is 12.5. The van der Waals surface area contributed by atoms with Gasteiger partial charge < -0.3 is 4.98 Å². The van der Waals surface area contributed by atoms with Crippen LogP contribution in [0.3, 0.4) is 0 Å². The van der Waals surface area contributed by atoms with Crippen molar-refractivity contribution in [1.82, 2.24) is 15.0 Å². The lowest BCUT2D eigenvalue weighted by Gasteiger charge is -2.02. The summed E-state index contributed by atoms with van der Waals surface area (Å²) < 4.78 is 0. The van der Waals surface area contributed by atoms with E-state index in [-0.39, 0.29) is 5.69 Å². The van der Waals surface area contributed by atoms with Crippen molar-refractivity contribution in [2.24, 2.45) is 0 Å². The van der Waals surface area contributed by atoms with E-state index in [0.717, 1.165) is 17.0 Å². The Morgan fingerprint density at radius 3 is 2.47 bits per heavy atom. The third-order valence-corrected chi connectivity index (χ3v) is 2.33. The van der Waals surface area contributed by atoms with E-state index >= 15 is 0 Å². The highest BCUT2D eigenvalue weighted by Crippen LogP contribution is 2.16. The van der Waals surface area contributed by atoms with E-state index in [9.17, 15) is 4.79 Å². The summed E-state index contributed by atoms with van der Waals surface area (Å²) in [7, 11) is 0. The first kappa shape index (κ1) is 11.5. The van der Waals surface area contributed by atoms with E-state index in [1.807, 2.05) is 19.1 Å². The van der Waals surface area contributed by atoms with Gasteiger partial charge in [-0.15, -0.1) is 0 Å². The largest absolute Gasteiger partial charge is 0.345 e. The molecule has 17 heavy (non-hydrogen) atoms. The molecule has 1 N–H and O–H groups in total. The monoisotopic (exact) mass is 229 g/mol. The Balaban J connectivity index is 0.000000313. The molecule has 1 fully saturated rings. The molecule has 0 radical (unpaired) electrons. The Hall–Kier alpha value is -1.97. The van der Waals surface area contributed by atoms with Crippen molar-refractivity contribution in [3.63, 3.8) is 0 Å². The van der Waals surface area contributed by atoms with Crippen LogP contribution in [0, 0.1) is 6.92 Å². The van der Waals surface area contributed by atoms with Crippen molar-refractivity contribution in [3.05, 3.63) is 46.8 Å². The predicted molar refractivity (Wildman–Crippen MR) is 66.7 cm³/mol. The van der Waals surface area contributed by atoms with Crippen molar-refractivity contribution in [1.29, 1.82) is 0 Å². The Morgan fingerprint density at radius 2 is 1.88 bits per heavy atom. The number of hydrogen-bond acceptors (Lipinski definition) is 3. The molecular weight excluding hydrogens is 214 g/mol. The van der Waals surface area contributed by atoms with Gasteiger partial charge in [-0.05, 0) is 25.1 Å². The van der Waals surface area contributed by atoms with Crippen LogP contribution in [0.5, 0.6) is 0 Å². The van der Waals surface area contributed by atoms with Gasteiger partial charge in [0.2, 0.25) is 0 Å². The third-order valence-electron chi connectivity index (χ3n) is 2.33. The zero-order valence-corrected chi connectivity index (χ0v) is 9.81. The number of aromatic nitrogens is 3. The Morgan fingerprint density at radius 1 is 1.12 bits per heavy atom. The summed E-state index contributed by atoms with van der Waals surface area (Å²) in [6, 6.07) is 5.50. The van der Waals surface area contributed by atoms with Gasteiger partial charge in [0.25, 0.3) is 0 Å². The number of nitrogens with one attached hydrogen (secondary N) is 1. The fourth-order valence-corrected chi connectivity index (χ4v) is 1.29. The number of nitrogens with zero attached hydrogens (tertiary/aromatic N) is 2. The second kappa shape index (κ2) is 5.39. The van der Waals surface area contributed by atoms with Crippen molar-refractivity contribution in [3.8, 4) is 11.3 Å². The first-order valence-corrected chi connectivity index (χ1v) is 5.75. The average molecular weight is 229 g/mol. The molecule has 0 amide bonds. The molecule has 2 aromatic rings. The molecule has 0 bridgehead atoms. The minimum atomic E-state index is -0.342. The van der Waals surface area contributed by atoms with Crippen LogP contribution in [0.25, 0.3) is 11.3 Å². The smallest absolute Gasteiger partial charge is 0.305 e. The van der Waals surface area contributed by atoms with Gasteiger partial charge in [-0.2, -0.15) is 0 Å². The van der Waals surface area contributed by atoms with Gasteiger partial charge in [-0.3, -0.25) is 4.98 Å². The summed E-state index contributed by atoms with van der Waals surface area (Å²) >= 11 is 0. The van der Waals surface area contributed by atoms with Crippen LogP contribution in [-0.2, 0) is 0 Å². The molecule has 2 heterocycles. The summed E-state index contributed by atoms with van der Waals surface area (Å²) in [6.07, 6.45) is 7.71. The van der Waals surface area contributed by atoms with Gasteiger partial charge >= 0.3 is 5.69 Å². The lowest BCUT2D eigenvalue weighted by molar-refractivity contribution is 1.07. The molecule has 0 unspecified atom stereocenters. The van der Waals surface area contributed by atoms with Gasteiger partial charge in [0, 0.05) is 23.7 Å². The summed E-state index contributed by atoms with van der Waals surface area (Å²) in [4.78, 5) is 21.4. The van der Waals surface area contributed by atoms with Crippen LogP contribution in [0.4, 0.5) is 0 Å². The summed E-state index contributed by atoms with van der Waals surface area (Å²) in [5.74, 6) is 0. The number of aryl methyl sites for hydroxylation is 1. The molecule has 0 spiro atoms. The standard InChI is InChI=1S/C10H9N3O.C3H6/c1-7-8(3-2-5-11-7)9-4-6-12-10(14)13-9;1-2-3-1/h2-6H,1H3,(H,12,13,14);1-3H2. The second-order valence-corrected chi connectivity index (χ2v) is 3.99. The van der Waals surface area contributed by atoms with Gasteiger partial charge in [-0.25, -0.2) is 9.78 Å².